The van der Waals surface area contributed by atoms with Crippen molar-refractivity contribution in [1.29, 1.82) is 0 Å². The maximum atomic E-state index is 12.4. The van der Waals surface area contributed by atoms with E-state index in [0.29, 0.717) is 11.6 Å². The number of ether oxygens (including phenoxy) is 1. The van der Waals surface area contributed by atoms with Gasteiger partial charge in [-0.3, -0.25) is 15.0 Å². The number of nitrogens with one attached hydrogen (secondary N) is 1. The highest BCUT2D eigenvalue weighted by Gasteiger charge is 2.34. The minimum atomic E-state index is -0.399. The number of hydrogen-bond donors (Lipinski definition) is 1. The normalized spacial score (nSPS) is 16.4. The SMILES string of the molecule is Cc1cc(OCC(=O)NN2C(=O)CSC2c2ccccc2)nc2ccccc12. The maximum absolute atomic E-state index is 12.4. The van der Waals surface area contributed by atoms with Crippen LogP contribution in [0.15, 0.2) is 60.7 Å². The standard InChI is InChI=1S/C21H19N3O3S/c1-14-11-19(22-17-10-6-5-9-16(14)17)27-12-18(25)23-24-20(26)13-28-21(24)15-7-3-2-4-8-15/h2-11,21H,12-13H2,1H3,(H,23,25). The number of hydrogen-bond acceptors (Lipinski definition) is 5. The van der Waals surface area contributed by atoms with Crippen LogP contribution in [0.25, 0.3) is 10.9 Å². The van der Waals surface area contributed by atoms with Crippen LogP contribution in [0.4, 0.5) is 0 Å². The molecule has 1 aliphatic rings. The number of thioether (sulfide) groups is 1. The van der Waals surface area contributed by atoms with Crippen LogP contribution < -0.4 is 10.2 Å². The zero-order valence-corrected chi connectivity index (χ0v) is 16.1. The van der Waals surface area contributed by atoms with E-state index in [1.54, 1.807) is 6.07 Å². The Morgan fingerprint density at radius 1 is 1.21 bits per heavy atom. The first-order valence-corrected chi connectivity index (χ1v) is 9.94. The van der Waals surface area contributed by atoms with Crippen molar-refractivity contribution in [3.05, 3.63) is 71.8 Å². The summed E-state index contributed by atoms with van der Waals surface area (Å²) < 4.78 is 5.58. The lowest BCUT2D eigenvalue weighted by Crippen LogP contribution is -2.46. The van der Waals surface area contributed by atoms with Gasteiger partial charge in [0.05, 0.1) is 11.3 Å². The van der Waals surface area contributed by atoms with Gasteiger partial charge in [0.15, 0.2) is 6.61 Å². The predicted molar refractivity (Wildman–Crippen MR) is 109 cm³/mol. The summed E-state index contributed by atoms with van der Waals surface area (Å²) in [6.45, 7) is 1.75. The van der Waals surface area contributed by atoms with Crippen LogP contribution in [0.2, 0.25) is 0 Å². The largest absolute Gasteiger partial charge is 0.467 e. The van der Waals surface area contributed by atoms with Gasteiger partial charge in [-0.2, -0.15) is 0 Å². The fraction of sp³-hybridized carbons (Fsp3) is 0.190. The van der Waals surface area contributed by atoms with Gasteiger partial charge in [0, 0.05) is 11.5 Å². The Labute approximate surface area is 166 Å². The van der Waals surface area contributed by atoms with Crippen molar-refractivity contribution in [3.63, 3.8) is 0 Å². The number of amides is 2. The fourth-order valence-corrected chi connectivity index (χ4v) is 4.22. The van der Waals surface area contributed by atoms with Crippen LogP contribution in [0.5, 0.6) is 5.88 Å². The van der Waals surface area contributed by atoms with Crippen LogP contribution in [-0.4, -0.2) is 34.2 Å². The third-order valence-electron chi connectivity index (χ3n) is 4.45. The molecule has 6 nitrogen and oxygen atoms in total. The molecule has 1 atom stereocenters. The zero-order chi connectivity index (χ0) is 19.5. The summed E-state index contributed by atoms with van der Waals surface area (Å²) in [5, 5.41) is 2.19. The number of nitrogens with zero attached hydrogens (tertiary/aromatic N) is 2. The minimum Gasteiger partial charge on any atom is -0.467 e. The Kier molecular flexibility index (Phi) is 5.16. The molecular formula is C21H19N3O3S. The molecule has 28 heavy (non-hydrogen) atoms. The predicted octanol–water partition coefficient (Wildman–Crippen LogP) is 3.23. The van der Waals surface area contributed by atoms with Gasteiger partial charge < -0.3 is 4.74 Å². The van der Waals surface area contributed by atoms with Crippen molar-refractivity contribution in [1.82, 2.24) is 15.4 Å². The molecule has 2 amide bonds. The number of carbonyl (C=O) groups is 2. The van der Waals surface area contributed by atoms with Crippen molar-refractivity contribution in [2.75, 3.05) is 12.4 Å². The highest BCUT2D eigenvalue weighted by atomic mass is 32.2. The molecule has 2 heterocycles. The molecule has 0 aliphatic carbocycles. The molecule has 1 aliphatic heterocycles. The molecule has 0 radical (unpaired) electrons. The quantitative estimate of drug-likeness (QED) is 0.721. The van der Waals surface area contributed by atoms with E-state index >= 15 is 0 Å². The van der Waals surface area contributed by atoms with Crippen molar-refractivity contribution < 1.29 is 14.3 Å². The molecule has 0 spiro atoms. The van der Waals surface area contributed by atoms with E-state index in [1.165, 1.54) is 16.8 Å². The average molecular weight is 393 g/mol. The molecule has 1 saturated heterocycles. The van der Waals surface area contributed by atoms with Gasteiger partial charge in [0.2, 0.25) is 5.88 Å². The number of aryl methyl sites for hydroxylation is 1. The van der Waals surface area contributed by atoms with Crippen molar-refractivity contribution in [2.45, 2.75) is 12.3 Å². The Balaban J connectivity index is 1.42. The van der Waals surface area contributed by atoms with E-state index in [-0.39, 0.29) is 17.9 Å². The Bertz CT molecular complexity index is 1030. The van der Waals surface area contributed by atoms with Gasteiger partial charge in [-0.25, -0.2) is 9.99 Å². The van der Waals surface area contributed by atoms with Gasteiger partial charge in [-0.15, -0.1) is 11.8 Å². The molecule has 1 aromatic heterocycles. The zero-order valence-electron chi connectivity index (χ0n) is 15.3. The maximum Gasteiger partial charge on any atom is 0.276 e. The van der Waals surface area contributed by atoms with Gasteiger partial charge in [0.25, 0.3) is 11.8 Å². The lowest BCUT2D eigenvalue weighted by Gasteiger charge is -2.24. The summed E-state index contributed by atoms with van der Waals surface area (Å²) in [6, 6.07) is 19.2. The van der Waals surface area contributed by atoms with Crippen LogP contribution >= 0.6 is 11.8 Å². The van der Waals surface area contributed by atoms with Gasteiger partial charge in [0.1, 0.15) is 5.37 Å². The van der Waals surface area contributed by atoms with E-state index in [4.69, 9.17) is 4.74 Å². The van der Waals surface area contributed by atoms with Crippen molar-refractivity contribution >= 4 is 34.5 Å². The van der Waals surface area contributed by atoms with Crippen LogP contribution in [-0.2, 0) is 9.59 Å². The second-order valence-electron chi connectivity index (χ2n) is 6.46. The van der Waals surface area contributed by atoms with E-state index in [0.717, 1.165) is 22.0 Å². The van der Waals surface area contributed by atoms with Gasteiger partial charge in [-0.05, 0) is 24.1 Å². The number of aromatic nitrogens is 1. The summed E-state index contributed by atoms with van der Waals surface area (Å²) in [4.78, 5) is 29.0. The molecular weight excluding hydrogens is 374 g/mol. The second kappa shape index (κ2) is 7.90. The third kappa shape index (κ3) is 3.80. The minimum absolute atomic E-state index is 0.133. The summed E-state index contributed by atoms with van der Waals surface area (Å²) in [6.07, 6.45) is 0. The molecule has 7 heteroatoms. The second-order valence-corrected chi connectivity index (χ2v) is 7.52. The van der Waals surface area contributed by atoms with Crippen LogP contribution in [0, 0.1) is 6.92 Å². The van der Waals surface area contributed by atoms with Crippen molar-refractivity contribution in [2.24, 2.45) is 0 Å². The van der Waals surface area contributed by atoms with E-state index in [2.05, 4.69) is 10.4 Å². The lowest BCUT2D eigenvalue weighted by atomic mass is 10.1. The van der Waals surface area contributed by atoms with Gasteiger partial charge in [-0.1, -0.05) is 48.5 Å². The number of pyridine rings is 1. The number of hydrazine groups is 1. The van der Waals surface area contributed by atoms with Crippen molar-refractivity contribution in [3.8, 4) is 5.88 Å². The topological polar surface area (TPSA) is 71.5 Å². The number of benzene rings is 2. The number of rotatable bonds is 5. The number of fused-ring (bicyclic) bond motifs is 1. The summed E-state index contributed by atoms with van der Waals surface area (Å²) >= 11 is 1.48. The van der Waals surface area contributed by atoms with E-state index < -0.39 is 5.91 Å². The Morgan fingerprint density at radius 3 is 2.79 bits per heavy atom. The highest BCUT2D eigenvalue weighted by Crippen LogP contribution is 2.36. The number of para-hydroxylation sites is 1. The molecule has 3 aromatic rings. The third-order valence-corrected chi connectivity index (χ3v) is 5.66. The fourth-order valence-electron chi connectivity index (χ4n) is 3.11. The first-order valence-electron chi connectivity index (χ1n) is 8.89. The molecule has 142 valence electrons. The Morgan fingerprint density at radius 2 is 1.96 bits per heavy atom. The molecule has 1 unspecified atom stereocenters. The molecule has 1 N–H and O–H groups in total. The summed E-state index contributed by atoms with van der Waals surface area (Å²) in [7, 11) is 0. The summed E-state index contributed by atoms with van der Waals surface area (Å²) in [5.74, 6) is 0.177. The molecule has 0 saturated carbocycles. The summed E-state index contributed by atoms with van der Waals surface area (Å²) in [5.41, 5.74) is 5.47. The molecule has 1 fully saturated rings. The van der Waals surface area contributed by atoms with E-state index in [9.17, 15) is 9.59 Å². The number of carbonyl (C=O) groups excluding carboxylic acids is 2. The first-order chi connectivity index (χ1) is 13.6. The Hall–Kier alpha value is -3.06. The highest BCUT2D eigenvalue weighted by molar-refractivity contribution is 8.00. The molecule has 2 aromatic carbocycles. The van der Waals surface area contributed by atoms with Crippen LogP contribution in [0.1, 0.15) is 16.5 Å². The van der Waals surface area contributed by atoms with E-state index in [1.807, 2.05) is 61.5 Å². The van der Waals surface area contributed by atoms with Gasteiger partial charge >= 0.3 is 0 Å². The molecule has 4 rings (SSSR count). The first kappa shape index (κ1) is 18.3. The smallest absolute Gasteiger partial charge is 0.276 e. The monoisotopic (exact) mass is 393 g/mol. The lowest BCUT2D eigenvalue weighted by molar-refractivity contribution is -0.140. The average Bonchev–Trinajstić information content (AvgIpc) is 3.07. The van der Waals surface area contributed by atoms with Crippen LogP contribution in [0.3, 0.4) is 0 Å². The molecule has 0 bridgehead atoms.